The molecule has 0 saturated carbocycles. The van der Waals surface area contributed by atoms with Gasteiger partial charge < -0.3 is 20.3 Å². The average Bonchev–Trinajstić information content (AvgIpc) is 3.05. The Morgan fingerprint density at radius 2 is 2.15 bits per heavy atom. The van der Waals surface area contributed by atoms with Gasteiger partial charge in [0.05, 0.1) is 25.0 Å². The molecule has 138 valence electrons. The first-order chi connectivity index (χ1) is 12.6. The van der Waals surface area contributed by atoms with Gasteiger partial charge in [-0.15, -0.1) is 0 Å². The molecule has 0 unspecified atom stereocenters. The van der Waals surface area contributed by atoms with E-state index >= 15 is 0 Å². The largest absolute Gasteiger partial charge is 0.495 e. The SMILES string of the molecule is COc1ccc(NC(=O)NCc2ccnn2C)cc1N1CCCCC1=O. The maximum absolute atomic E-state index is 12.2. The van der Waals surface area contributed by atoms with E-state index < -0.39 is 0 Å². The minimum atomic E-state index is -0.327. The average molecular weight is 357 g/mol. The Hall–Kier alpha value is -3.03. The Labute approximate surface area is 152 Å². The maximum Gasteiger partial charge on any atom is 0.319 e. The number of anilines is 2. The van der Waals surface area contributed by atoms with Crippen LogP contribution in [0, 0.1) is 0 Å². The van der Waals surface area contributed by atoms with Gasteiger partial charge >= 0.3 is 6.03 Å². The molecule has 0 aliphatic carbocycles. The molecule has 1 fully saturated rings. The van der Waals surface area contributed by atoms with E-state index in [0.717, 1.165) is 18.5 Å². The number of nitrogens with one attached hydrogen (secondary N) is 2. The number of hydrogen-bond acceptors (Lipinski definition) is 4. The lowest BCUT2D eigenvalue weighted by Crippen LogP contribution is -2.35. The Morgan fingerprint density at radius 1 is 1.31 bits per heavy atom. The third-order valence-electron chi connectivity index (χ3n) is 4.40. The topological polar surface area (TPSA) is 88.5 Å². The van der Waals surface area contributed by atoms with E-state index in [4.69, 9.17) is 4.74 Å². The van der Waals surface area contributed by atoms with Crippen LogP contribution in [0.3, 0.4) is 0 Å². The van der Waals surface area contributed by atoms with E-state index in [1.54, 1.807) is 41.1 Å². The van der Waals surface area contributed by atoms with Crippen molar-refractivity contribution in [3.63, 3.8) is 0 Å². The standard InChI is InChI=1S/C18H23N5O3/c1-22-14(8-9-20-22)12-19-18(25)21-13-6-7-16(26-2)15(11-13)23-10-4-3-5-17(23)24/h6-9,11H,3-5,10,12H2,1-2H3,(H2,19,21,25). The van der Waals surface area contributed by atoms with Gasteiger partial charge in [-0.1, -0.05) is 0 Å². The molecule has 2 aromatic rings. The molecule has 26 heavy (non-hydrogen) atoms. The van der Waals surface area contributed by atoms with E-state index in [1.807, 2.05) is 13.1 Å². The monoisotopic (exact) mass is 357 g/mol. The highest BCUT2D eigenvalue weighted by molar-refractivity contribution is 5.97. The highest BCUT2D eigenvalue weighted by Crippen LogP contribution is 2.33. The number of carbonyl (C=O) groups is 2. The van der Waals surface area contributed by atoms with Crippen LogP contribution in [0.25, 0.3) is 0 Å². The van der Waals surface area contributed by atoms with E-state index in [1.165, 1.54) is 0 Å². The zero-order valence-corrected chi connectivity index (χ0v) is 15.0. The molecule has 0 atom stereocenters. The molecule has 8 nitrogen and oxygen atoms in total. The molecule has 1 aromatic heterocycles. The molecule has 0 bridgehead atoms. The highest BCUT2D eigenvalue weighted by Gasteiger charge is 2.23. The van der Waals surface area contributed by atoms with Crippen LogP contribution in [0.5, 0.6) is 5.75 Å². The number of urea groups is 1. The normalized spacial score (nSPS) is 14.2. The quantitative estimate of drug-likeness (QED) is 0.859. The van der Waals surface area contributed by atoms with Crippen LogP contribution in [-0.2, 0) is 18.4 Å². The molecule has 1 aliphatic rings. The van der Waals surface area contributed by atoms with Crippen molar-refractivity contribution in [3.8, 4) is 5.75 Å². The highest BCUT2D eigenvalue weighted by atomic mass is 16.5. The summed E-state index contributed by atoms with van der Waals surface area (Å²) in [6, 6.07) is 6.79. The van der Waals surface area contributed by atoms with Crippen LogP contribution in [0.4, 0.5) is 16.2 Å². The number of aryl methyl sites for hydroxylation is 1. The lowest BCUT2D eigenvalue weighted by atomic mass is 10.1. The summed E-state index contributed by atoms with van der Waals surface area (Å²) in [5, 5.41) is 9.65. The van der Waals surface area contributed by atoms with Crippen LogP contribution in [0.2, 0.25) is 0 Å². The lowest BCUT2D eigenvalue weighted by molar-refractivity contribution is -0.119. The van der Waals surface area contributed by atoms with Crippen molar-refractivity contribution in [1.82, 2.24) is 15.1 Å². The molecule has 8 heteroatoms. The number of hydrogen-bond donors (Lipinski definition) is 2. The number of amides is 3. The molecular formula is C18H23N5O3. The summed E-state index contributed by atoms with van der Waals surface area (Å²) in [5.74, 6) is 0.688. The van der Waals surface area contributed by atoms with Gasteiger partial charge in [-0.2, -0.15) is 5.10 Å². The summed E-state index contributed by atoms with van der Waals surface area (Å²) in [6.07, 6.45) is 4.08. The van der Waals surface area contributed by atoms with Gasteiger partial charge in [0, 0.05) is 31.9 Å². The van der Waals surface area contributed by atoms with Gasteiger partial charge in [-0.05, 0) is 37.1 Å². The van der Waals surface area contributed by atoms with Crippen molar-refractivity contribution in [3.05, 3.63) is 36.2 Å². The second-order valence-corrected chi connectivity index (χ2v) is 6.14. The molecule has 1 aromatic carbocycles. The number of carbonyl (C=O) groups excluding carboxylic acids is 2. The molecule has 2 N–H and O–H groups in total. The van der Waals surface area contributed by atoms with Crippen LogP contribution in [0.1, 0.15) is 25.0 Å². The molecule has 1 aliphatic heterocycles. The predicted molar refractivity (Wildman–Crippen MR) is 98.3 cm³/mol. The van der Waals surface area contributed by atoms with E-state index in [2.05, 4.69) is 15.7 Å². The zero-order valence-electron chi connectivity index (χ0n) is 15.0. The van der Waals surface area contributed by atoms with Gasteiger partial charge in [0.25, 0.3) is 0 Å². The molecule has 0 radical (unpaired) electrons. The molecule has 2 heterocycles. The predicted octanol–water partition coefficient (Wildman–Crippen LogP) is 2.27. The number of aromatic nitrogens is 2. The Bertz CT molecular complexity index is 802. The summed E-state index contributed by atoms with van der Waals surface area (Å²) in [4.78, 5) is 26.1. The summed E-state index contributed by atoms with van der Waals surface area (Å²) >= 11 is 0. The van der Waals surface area contributed by atoms with Crippen molar-refractivity contribution in [2.24, 2.45) is 7.05 Å². The molecule has 1 saturated heterocycles. The third kappa shape index (κ3) is 3.96. The van der Waals surface area contributed by atoms with Crippen molar-refractivity contribution in [1.29, 1.82) is 0 Å². The van der Waals surface area contributed by atoms with Crippen molar-refractivity contribution >= 4 is 23.3 Å². The minimum Gasteiger partial charge on any atom is -0.495 e. The third-order valence-corrected chi connectivity index (χ3v) is 4.40. The summed E-state index contributed by atoms with van der Waals surface area (Å²) in [5.41, 5.74) is 2.18. The van der Waals surface area contributed by atoms with E-state index in [9.17, 15) is 9.59 Å². The maximum atomic E-state index is 12.2. The fraction of sp³-hybridized carbons (Fsp3) is 0.389. The number of ether oxygens (including phenoxy) is 1. The fourth-order valence-electron chi connectivity index (χ4n) is 2.96. The Kier molecular flexibility index (Phi) is 5.40. The second kappa shape index (κ2) is 7.90. The van der Waals surface area contributed by atoms with Crippen molar-refractivity contribution < 1.29 is 14.3 Å². The fourth-order valence-corrected chi connectivity index (χ4v) is 2.96. The summed E-state index contributed by atoms with van der Waals surface area (Å²) in [6.45, 7) is 1.03. The van der Waals surface area contributed by atoms with Crippen molar-refractivity contribution in [2.75, 3.05) is 23.9 Å². The van der Waals surface area contributed by atoms with Crippen LogP contribution >= 0.6 is 0 Å². The number of benzene rings is 1. The van der Waals surface area contributed by atoms with Gasteiger partial charge in [0.2, 0.25) is 5.91 Å². The Balaban J connectivity index is 1.69. The van der Waals surface area contributed by atoms with Crippen LogP contribution in [0.15, 0.2) is 30.5 Å². The van der Waals surface area contributed by atoms with Gasteiger partial charge in [-0.25, -0.2) is 4.79 Å². The lowest BCUT2D eigenvalue weighted by Gasteiger charge is -2.28. The molecule has 0 spiro atoms. The smallest absolute Gasteiger partial charge is 0.319 e. The van der Waals surface area contributed by atoms with Crippen molar-refractivity contribution in [2.45, 2.75) is 25.8 Å². The first-order valence-electron chi connectivity index (χ1n) is 8.58. The Morgan fingerprint density at radius 3 is 2.85 bits per heavy atom. The number of methoxy groups -OCH3 is 1. The van der Waals surface area contributed by atoms with Gasteiger partial charge in [0.15, 0.2) is 0 Å². The first-order valence-corrected chi connectivity index (χ1v) is 8.58. The molecule has 3 amide bonds. The van der Waals surface area contributed by atoms with Gasteiger partial charge in [-0.3, -0.25) is 9.48 Å². The summed E-state index contributed by atoms with van der Waals surface area (Å²) in [7, 11) is 3.39. The number of nitrogens with zero attached hydrogens (tertiary/aromatic N) is 3. The van der Waals surface area contributed by atoms with Gasteiger partial charge in [0.1, 0.15) is 5.75 Å². The molecular weight excluding hydrogens is 334 g/mol. The molecule has 3 rings (SSSR count). The summed E-state index contributed by atoms with van der Waals surface area (Å²) < 4.78 is 7.09. The first kappa shape index (κ1) is 17.8. The second-order valence-electron chi connectivity index (χ2n) is 6.14. The number of piperidine rings is 1. The van der Waals surface area contributed by atoms with E-state index in [0.29, 0.717) is 36.6 Å². The number of rotatable bonds is 5. The van der Waals surface area contributed by atoms with E-state index in [-0.39, 0.29) is 11.9 Å². The minimum absolute atomic E-state index is 0.0763. The van der Waals surface area contributed by atoms with Crippen LogP contribution < -0.4 is 20.3 Å². The zero-order chi connectivity index (χ0) is 18.5. The van der Waals surface area contributed by atoms with Crippen LogP contribution in [-0.4, -0.2) is 35.4 Å².